The Morgan fingerprint density at radius 3 is 2.45 bits per heavy atom. The molecule has 1 aliphatic carbocycles. The Bertz CT molecular complexity index is 595. The highest BCUT2D eigenvalue weighted by atomic mass is 127. The summed E-state index contributed by atoms with van der Waals surface area (Å²) >= 11 is 2.35. The van der Waals surface area contributed by atoms with Crippen LogP contribution in [0.5, 0.6) is 5.75 Å². The van der Waals surface area contributed by atoms with Crippen molar-refractivity contribution in [3.63, 3.8) is 0 Å². The molecule has 20 heavy (non-hydrogen) atoms. The summed E-state index contributed by atoms with van der Waals surface area (Å²) in [7, 11) is 2.00. The molecule has 1 aliphatic rings. The molecular formula is C17H18INO. The van der Waals surface area contributed by atoms with E-state index in [1.807, 2.05) is 13.1 Å². The summed E-state index contributed by atoms with van der Waals surface area (Å²) in [4.78, 5) is 0. The van der Waals surface area contributed by atoms with Crippen LogP contribution < -0.4 is 10.1 Å². The molecule has 3 rings (SSSR count). The van der Waals surface area contributed by atoms with Gasteiger partial charge in [-0.15, -0.1) is 0 Å². The van der Waals surface area contributed by atoms with Crippen LogP contribution in [0.4, 0.5) is 0 Å². The van der Waals surface area contributed by atoms with Gasteiger partial charge in [0.25, 0.3) is 0 Å². The fraction of sp³-hybridized carbons (Fsp3) is 0.294. The van der Waals surface area contributed by atoms with Crippen molar-refractivity contribution in [2.75, 3.05) is 7.05 Å². The topological polar surface area (TPSA) is 21.3 Å². The molecule has 0 saturated heterocycles. The molecule has 2 aromatic carbocycles. The molecule has 0 bridgehead atoms. The summed E-state index contributed by atoms with van der Waals surface area (Å²) in [6.07, 6.45) is 2.82. The van der Waals surface area contributed by atoms with E-state index < -0.39 is 0 Å². The lowest BCUT2D eigenvalue weighted by atomic mass is 9.99. The van der Waals surface area contributed by atoms with E-state index in [4.69, 9.17) is 4.74 Å². The molecule has 2 aromatic rings. The maximum atomic E-state index is 5.89. The Labute approximate surface area is 133 Å². The van der Waals surface area contributed by atoms with E-state index >= 15 is 0 Å². The van der Waals surface area contributed by atoms with E-state index in [1.165, 1.54) is 27.5 Å². The summed E-state index contributed by atoms with van der Waals surface area (Å²) in [6.45, 7) is 0. The number of benzene rings is 2. The molecule has 2 nitrogen and oxygen atoms in total. The smallest absolute Gasteiger partial charge is 0.120 e. The zero-order valence-electron chi connectivity index (χ0n) is 11.5. The van der Waals surface area contributed by atoms with Crippen LogP contribution in [0.1, 0.15) is 30.0 Å². The minimum atomic E-state index is 0.201. The van der Waals surface area contributed by atoms with Gasteiger partial charge in [0.2, 0.25) is 0 Å². The molecule has 0 spiro atoms. The fourth-order valence-corrected chi connectivity index (χ4v) is 2.92. The van der Waals surface area contributed by atoms with Gasteiger partial charge in [-0.1, -0.05) is 24.3 Å². The van der Waals surface area contributed by atoms with Gasteiger partial charge in [-0.05, 0) is 77.9 Å². The van der Waals surface area contributed by atoms with Gasteiger partial charge in [-0.3, -0.25) is 0 Å². The van der Waals surface area contributed by atoms with Crippen LogP contribution in [0.15, 0.2) is 48.5 Å². The van der Waals surface area contributed by atoms with Gasteiger partial charge in [-0.25, -0.2) is 0 Å². The Morgan fingerprint density at radius 1 is 1.10 bits per heavy atom. The molecule has 3 heteroatoms. The predicted octanol–water partition coefficient (Wildman–Crippen LogP) is 4.14. The molecule has 0 radical (unpaired) electrons. The number of hydrogen-bond donors (Lipinski definition) is 1. The Kier molecular flexibility index (Phi) is 4.27. The molecule has 0 aromatic heterocycles. The summed E-state index contributed by atoms with van der Waals surface area (Å²) in [5.74, 6) is 0.982. The quantitative estimate of drug-likeness (QED) is 0.789. The first-order valence-electron chi connectivity index (χ1n) is 6.95. The van der Waals surface area contributed by atoms with E-state index in [9.17, 15) is 0 Å². The van der Waals surface area contributed by atoms with Crippen molar-refractivity contribution in [1.29, 1.82) is 0 Å². The van der Waals surface area contributed by atoms with E-state index in [-0.39, 0.29) is 6.04 Å². The second-order valence-corrected chi connectivity index (χ2v) is 6.41. The van der Waals surface area contributed by atoms with Crippen LogP contribution in [0, 0.1) is 3.57 Å². The number of ether oxygens (including phenoxy) is 1. The Hall–Kier alpha value is -1.07. The minimum Gasteiger partial charge on any atom is -0.490 e. The molecule has 1 fully saturated rings. The van der Waals surface area contributed by atoms with E-state index in [0.29, 0.717) is 6.10 Å². The first-order chi connectivity index (χ1) is 9.76. The van der Waals surface area contributed by atoms with Crippen molar-refractivity contribution >= 4 is 22.6 Å². The second kappa shape index (κ2) is 6.14. The Morgan fingerprint density at radius 2 is 1.80 bits per heavy atom. The van der Waals surface area contributed by atoms with Gasteiger partial charge < -0.3 is 10.1 Å². The largest absolute Gasteiger partial charge is 0.490 e. The molecule has 0 amide bonds. The van der Waals surface area contributed by atoms with Crippen LogP contribution in [0.3, 0.4) is 0 Å². The third kappa shape index (κ3) is 3.33. The van der Waals surface area contributed by atoms with E-state index in [2.05, 4.69) is 70.4 Å². The van der Waals surface area contributed by atoms with Crippen molar-refractivity contribution < 1.29 is 4.74 Å². The van der Waals surface area contributed by atoms with Crippen LogP contribution in [0.25, 0.3) is 0 Å². The van der Waals surface area contributed by atoms with Crippen LogP contribution in [0.2, 0.25) is 0 Å². The highest BCUT2D eigenvalue weighted by Gasteiger charge is 2.23. The van der Waals surface area contributed by atoms with Gasteiger partial charge in [0, 0.05) is 3.57 Å². The average Bonchev–Trinajstić information content (AvgIpc) is 3.24. The number of hydrogen-bond acceptors (Lipinski definition) is 2. The third-order valence-corrected chi connectivity index (χ3v) is 4.16. The van der Waals surface area contributed by atoms with Crippen LogP contribution >= 0.6 is 22.6 Å². The third-order valence-electron chi connectivity index (χ3n) is 3.49. The zero-order chi connectivity index (χ0) is 13.9. The number of nitrogens with one attached hydrogen (secondary N) is 1. The maximum Gasteiger partial charge on any atom is 0.120 e. The summed E-state index contributed by atoms with van der Waals surface area (Å²) in [5, 5.41) is 3.40. The molecule has 104 valence electrons. The molecule has 0 aliphatic heterocycles. The first kappa shape index (κ1) is 13.9. The molecule has 0 heterocycles. The van der Waals surface area contributed by atoms with Gasteiger partial charge in [0.1, 0.15) is 5.75 Å². The van der Waals surface area contributed by atoms with Gasteiger partial charge in [0.05, 0.1) is 12.1 Å². The van der Waals surface area contributed by atoms with E-state index in [1.54, 1.807) is 0 Å². The van der Waals surface area contributed by atoms with Gasteiger partial charge in [-0.2, -0.15) is 0 Å². The average molecular weight is 379 g/mol. The maximum absolute atomic E-state index is 5.89. The summed E-state index contributed by atoms with van der Waals surface area (Å²) in [6, 6.07) is 17.2. The van der Waals surface area contributed by atoms with Crippen LogP contribution in [-0.4, -0.2) is 13.2 Å². The summed E-state index contributed by atoms with van der Waals surface area (Å²) in [5.41, 5.74) is 2.52. The monoisotopic (exact) mass is 379 g/mol. The second-order valence-electron chi connectivity index (χ2n) is 5.17. The van der Waals surface area contributed by atoms with Crippen molar-refractivity contribution in [2.24, 2.45) is 0 Å². The lowest BCUT2D eigenvalue weighted by molar-refractivity contribution is 0.302. The zero-order valence-corrected chi connectivity index (χ0v) is 13.6. The lowest BCUT2D eigenvalue weighted by Gasteiger charge is -2.18. The van der Waals surface area contributed by atoms with Crippen LogP contribution in [-0.2, 0) is 0 Å². The van der Waals surface area contributed by atoms with Gasteiger partial charge in [0.15, 0.2) is 0 Å². The van der Waals surface area contributed by atoms with Crippen molar-refractivity contribution in [3.8, 4) is 5.75 Å². The normalized spacial score (nSPS) is 15.9. The van der Waals surface area contributed by atoms with Crippen molar-refractivity contribution in [1.82, 2.24) is 5.32 Å². The lowest BCUT2D eigenvalue weighted by Crippen LogP contribution is -2.17. The first-order valence-corrected chi connectivity index (χ1v) is 8.03. The molecule has 1 N–H and O–H groups in total. The molecule has 1 unspecified atom stereocenters. The highest BCUT2D eigenvalue weighted by molar-refractivity contribution is 14.1. The van der Waals surface area contributed by atoms with E-state index in [0.717, 1.165) is 5.75 Å². The Balaban J connectivity index is 1.88. The number of halogens is 1. The standard InChI is InChI=1S/C17H18INO/c1-19-17(12-4-2-6-14(18)10-12)13-5-3-7-16(11-13)20-15-8-9-15/h2-7,10-11,15,17,19H,8-9H2,1H3. The summed E-state index contributed by atoms with van der Waals surface area (Å²) < 4.78 is 7.15. The SMILES string of the molecule is CNC(c1cccc(I)c1)c1cccc(OC2CC2)c1. The number of rotatable bonds is 5. The molecular weight excluding hydrogens is 361 g/mol. The van der Waals surface area contributed by atoms with Gasteiger partial charge >= 0.3 is 0 Å². The fourth-order valence-electron chi connectivity index (χ4n) is 2.36. The molecule has 1 atom stereocenters. The molecule has 1 saturated carbocycles. The van der Waals surface area contributed by atoms with Crippen molar-refractivity contribution in [2.45, 2.75) is 25.0 Å². The highest BCUT2D eigenvalue weighted by Crippen LogP contribution is 2.30. The van der Waals surface area contributed by atoms with Crippen molar-refractivity contribution in [3.05, 3.63) is 63.2 Å². The minimum absolute atomic E-state index is 0.201. The predicted molar refractivity (Wildman–Crippen MR) is 90.2 cm³/mol.